The SMILES string of the molecule is CCn1c(CN2CCC[C@H](C(=O)Nc3ccccc3OC)C2)nc2ccccc21. The lowest BCUT2D eigenvalue weighted by molar-refractivity contribution is -0.121. The molecule has 1 fully saturated rings. The van der Waals surface area contributed by atoms with Crippen LogP contribution in [0.15, 0.2) is 48.5 Å². The Hall–Kier alpha value is -2.86. The second kappa shape index (κ2) is 8.66. The molecule has 3 aromatic rings. The van der Waals surface area contributed by atoms with E-state index in [1.807, 2.05) is 30.3 Å². The van der Waals surface area contributed by atoms with Crippen LogP contribution >= 0.6 is 0 Å². The highest BCUT2D eigenvalue weighted by Crippen LogP contribution is 2.26. The number of benzene rings is 2. The third-order valence-electron chi connectivity index (χ3n) is 5.66. The number of amides is 1. The van der Waals surface area contributed by atoms with E-state index in [1.54, 1.807) is 7.11 Å². The number of anilines is 1. The number of hydrogen-bond acceptors (Lipinski definition) is 4. The molecule has 0 radical (unpaired) electrons. The molecular weight excluding hydrogens is 364 g/mol. The molecule has 1 aromatic heterocycles. The fraction of sp³-hybridized carbons (Fsp3) is 0.391. The van der Waals surface area contributed by atoms with Crippen LogP contribution in [0.1, 0.15) is 25.6 Å². The number of ether oxygens (including phenoxy) is 1. The fourth-order valence-electron chi connectivity index (χ4n) is 4.19. The Balaban J connectivity index is 1.45. The summed E-state index contributed by atoms with van der Waals surface area (Å²) in [4.78, 5) is 20.1. The molecule has 0 aliphatic carbocycles. The van der Waals surface area contributed by atoms with E-state index in [4.69, 9.17) is 9.72 Å². The summed E-state index contributed by atoms with van der Waals surface area (Å²) in [5.41, 5.74) is 2.93. The Morgan fingerprint density at radius 2 is 2.00 bits per heavy atom. The minimum Gasteiger partial charge on any atom is -0.495 e. The quantitative estimate of drug-likeness (QED) is 0.691. The smallest absolute Gasteiger partial charge is 0.228 e. The number of aryl methyl sites for hydroxylation is 1. The molecular formula is C23H28N4O2. The van der Waals surface area contributed by atoms with Crippen LogP contribution in [0.5, 0.6) is 5.75 Å². The van der Waals surface area contributed by atoms with Gasteiger partial charge in [-0.2, -0.15) is 0 Å². The third kappa shape index (κ3) is 4.12. The first-order valence-corrected chi connectivity index (χ1v) is 10.3. The van der Waals surface area contributed by atoms with Crippen LogP contribution in [0.25, 0.3) is 11.0 Å². The van der Waals surface area contributed by atoms with Gasteiger partial charge in [0, 0.05) is 13.1 Å². The van der Waals surface area contributed by atoms with Gasteiger partial charge in [-0.1, -0.05) is 24.3 Å². The summed E-state index contributed by atoms with van der Waals surface area (Å²) in [6.07, 6.45) is 1.91. The molecule has 29 heavy (non-hydrogen) atoms. The lowest BCUT2D eigenvalue weighted by atomic mass is 9.97. The Bertz CT molecular complexity index is 997. The van der Waals surface area contributed by atoms with Crippen molar-refractivity contribution < 1.29 is 9.53 Å². The summed E-state index contributed by atoms with van der Waals surface area (Å²) in [5.74, 6) is 1.78. The van der Waals surface area contributed by atoms with Crippen molar-refractivity contribution in [3.63, 3.8) is 0 Å². The molecule has 2 aromatic carbocycles. The zero-order valence-electron chi connectivity index (χ0n) is 17.1. The van der Waals surface area contributed by atoms with Crippen molar-refractivity contribution in [1.82, 2.24) is 14.5 Å². The third-order valence-corrected chi connectivity index (χ3v) is 5.66. The highest BCUT2D eigenvalue weighted by atomic mass is 16.5. The predicted molar refractivity (Wildman–Crippen MR) is 115 cm³/mol. The van der Waals surface area contributed by atoms with Gasteiger partial charge >= 0.3 is 0 Å². The van der Waals surface area contributed by atoms with Crippen LogP contribution in [-0.2, 0) is 17.9 Å². The number of piperidine rings is 1. The Morgan fingerprint density at radius 3 is 2.83 bits per heavy atom. The number of fused-ring (bicyclic) bond motifs is 1. The first-order chi connectivity index (χ1) is 14.2. The van der Waals surface area contributed by atoms with E-state index in [9.17, 15) is 4.79 Å². The number of hydrogen-bond donors (Lipinski definition) is 1. The topological polar surface area (TPSA) is 59.4 Å². The number of aromatic nitrogens is 2. The number of nitrogens with one attached hydrogen (secondary N) is 1. The molecule has 2 heterocycles. The molecule has 1 aliphatic rings. The number of methoxy groups -OCH3 is 1. The van der Waals surface area contributed by atoms with E-state index in [1.165, 1.54) is 5.52 Å². The molecule has 0 saturated carbocycles. The zero-order chi connectivity index (χ0) is 20.2. The van der Waals surface area contributed by atoms with Gasteiger partial charge in [0.05, 0.1) is 36.3 Å². The van der Waals surface area contributed by atoms with Crippen LogP contribution in [0.2, 0.25) is 0 Å². The van der Waals surface area contributed by atoms with Crippen LogP contribution < -0.4 is 10.1 Å². The van der Waals surface area contributed by atoms with Crippen LogP contribution in [0.4, 0.5) is 5.69 Å². The van der Waals surface area contributed by atoms with Crippen molar-refractivity contribution in [2.24, 2.45) is 5.92 Å². The maximum Gasteiger partial charge on any atom is 0.228 e. The minimum atomic E-state index is -0.0342. The van der Waals surface area contributed by atoms with Gasteiger partial charge in [0.25, 0.3) is 0 Å². The van der Waals surface area contributed by atoms with Gasteiger partial charge in [-0.25, -0.2) is 4.98 Å². The second-order valence-corrected chi connectivity index (χ2v) is 7.52. The van der Waals surface area contributed by atoms with Crippen LogP contribution in [0.3, 0.4) is 0 Å². The molecule has 152 valence electrons. The van der Waals surface area contributed by atoms with Crippen molar-refractivity contribution in [2.45, 2.75) is 32.9 Å². The van der Waals surface area contributed by atoms with Crippen molar-refractivity contribution in [2.75, 3.05) is 25.5 Å². The molecule has 4 rings (SSSR count). The van der Waals surface area contributed by atoms with Crippen LogP contribution in [-0.4, -0.2) is 40.6 Å². The normalized spacial score (nSPS) is 17.4. The van der Waals surface area contributed by atoms with Crippen molar-refractivity contribution >= 4 is 22.6 Å². The summed E-state index contributed by atoms with van der Waals surface area (Å²) >= 11 is 0. The maximum atomic E-state index is 12.9. The molecule has 0 spiro atoms. The predicted octanol–water partition coefficient (Wildman–Crippen LogP) is 3.92. The summed E-state index contributed by atoms with van der Waals surface area (Å²) in [5, 5.41) is 3.05. The van der Waals surface area contributed by atoms with Crippen molar-refractivity contribution in [3.05, 3.63) is 54.4 Å². The van der Waals surface area contributed by atoms with E-state index in [2.05, 4.69) is 39.9 Å². The molecule has 1 amide bonds. The summed E-state index contributed by atoms with van der Waals surface area (Å²) < 4.78 is 7.62. The number of carbonyl (C=O) groups excluding carboxylic acids is 1. The van der Waals surface area contributed by atoms with E-state index in [0.717, 1.165) is 56.0 Å². The molecule has 1 N–H and O–H groups in total. The average molecular weight is 393 g/mol. The number of para-hydroxylation sites is 4. The van der Waals surface area contributed by atoms with Crippen LogP contribution in [0, 0.1) is 5.92 Å². The molecule has 1 atom stereocenters. The van der Waals surface area contributed by atoms with Gasteiger partial charge in [-0.15, -0.1) is 0 Å². The summed E-state index contributed by atoms with van der Waals surface area (Å²) in [7, 11) is 1.62. The second-order valence-electron chi connectivity index (χ2n) is 7.52. The van der Waals surface area contributed by atoms with E-state index < -0.39 is 0 Å². The largest absolute Gasteiger partial charge is 0.495 e. The first-order valence-electron chi connectivity index (χ1n) is 10.3. The van der Waals surface area contributed by atoms with Gasteiger partial charge in [0.1, 0.15) is 11.6 Å². The van der Waals surface area contributed by atoms with E-state index >= 15 is 0 Å². The Labute approximate surface area is 171 Å². The lowest BCUT2D eigenvalue weighted by Gasteiger charge is -2.31. The van der Waals surface area contributed by atoms with Gasteiger partial charge < -0.3 is 14.6 Å². The molecule has 1 saturated heterocycles. The Morgan fingerprint density at radius 1 is 1.21 bits per heavy atom. The van der Waals surface area contributed by atoms with Gasteiger partial charge in [0.2, 0.25) is 5.91 Å². The number of imidazole rings is 1. The highest BCUT2D eigenvalue weighted by Gasteiger charge is 2.27. The monoisotopic (exact) mass is 392 g/mol. The minimum absolute atomic E-state index is 0.0342. The fourth-order valence-corrected chi connectivity index (χ4v) is 4.19. The number of likely N-dealkylation sites (tertiary alicyclic amines) is 1. The Kier molecular flexibility index (Phi) is 5.81. The molecule has 0 bridgehead atoms. The van der Waals surface area contributed by atoms with Crippen molar-refractivity contribution in [3.8, 4) is 5.75 Å². The highest BCUT2D eigenvalue weighted by molar-refractivity contribution is 5.94. The number of nitrogens with zero attached hydrogens (tertiary/aromatic N) is 3. The lowest BCUT2D eigenvalue weighted by Crippen LogP contribution is -2.40. The molecule has 0 unspecified atom stereocenters. The summed E-state index contributed by atoms with van der Waals surface area (Å²) in [6, 6.07) is 15.8. The number of rotatable bonds is 6. The van der Waals surface area contributed by atoms with E-state index in [-0.39, 0.29) is 11.8 Å². The average Bonchev–Trinajstić information content (AvgIpc) is 3.11. The standard InChI is InChI=1S/C23H28N4O2/c1-3-27-20-12-6-4-10-18(20)24-22(27)16-26-14-8-9-17(15-26)23(28)25-19-11-5-7-13-21(19)29-2/h4-7,10-13,17H,3,8-9,14-16H2,1-2H3,(H,25,28)/t17-/m0/s1. The van der Waals surface area contributed by atoms with Gasteiger partial charge in [-0.05, 0) is 50.6 Å². The maximum absolute atomic E-state index is 12.9. The zero-order valence-corrected chi connectivity index (χ0v) is 17.1. The molecule has 1 aliphatic heterocycles. The molecule has 6 heteroatoms. The van der Waals surface area contributed by atoms with E-state index in [0.29, 0.717) is 5.75 Å². The number of carbonyl (C=O) groups is 1. The molecule has 6 nitrogen and oxygen atoms in total. The van der Waals surface area contributed by atoms with Gasteiger partial charge in [0.15, 0.2) is 0 Å². The van der Waals surface area contributed by atoms with Gasteiger partial charge in [-0.3, -0.25) is 9.69 Å². The summed E-state index contributed by atoms with van der Waals surface area (Å²) in [6.45, 7) is 5.54. The van der Waals surface area contributed by atoms with Crippen molar-refractivity contribution in [1.29, 1.82) is 0 Å². The first kappa shape index (κ1) is 19.5.